The molecule has 2 rings (SSSR count). The molecule has 19 heavy (non-hydrogen) atoms. The quantitative estimate of drug-likeness (QED) is 0.823. The Kier molecular flexibility index (Phi) is 5.43. The largest absolute Gasteiger partial charge is 0.497 e. The van der Waals surface area contributed by atoms with Gasteiger partial charge in [0.05, 0.1) is 7.11 Å². The Hall–Kier alpha value is -1.32. The molecule has 102 valence electrons. The van der Waals surface area contributed by atoms with E-state index in [1.165, 1.54) is 10.4 Å². The summed E-state index contributed by atoms with van der Waals surface area (Å²) in [6.07, 6.45) is 2.23. The highest BCUT2D eigenvalue weighted by atomic mass is 32.1. The first-order chi connectivity index (χ1) is 9.33. The Morgan fingerprint density at radius 1 is 1.26 bits per heavy atom. The van der Waals surface area contributed by atoms with Crippen LogP contribution in [-0.4, -0.2) is 13.7 Å². The summed E-state index contributed by atoms with van der Waals surface area (Å²) >= 11 is 1.83. The van der Waals surface area contributed by atoms with Crippen LogP contribution in [0.2, 0.25) is 0 Å². The Balaban J connectivity index is 2.05. The van der Waals surface area contributed by atoms with E-state index in [4.69, 9.17) is 4.74 Å². The van der Waals surface area contributed by atoms with E-state index < -0.39 is 0 Å². The SMILES string of the molecule is CCNC(CCc1cccs1)c1cccc(OC)c1. The molecular weight excluding hydrogens is 254 g/mol. The number of nitrogens with one attached hydrogen (secondary N) is 1. The van der Waals surface area contributed by atoms with Gasteiger partial charge in [-0.2, -0.15) is 0 Å². The lowest BCUT2D eigenvalue weighted by atomic mass is 10.0. The number of benzene rings is 1. The predicted octanol–water partition coefficient (Wildman–Crippen LogP) is 4.04. The topological polar surface area (TPSA) is 21.3 Å². The van der Waals surface area contributed by atoms with Gasteiger partial charge in [0.15, 0.2) is 0 Å². The van der Waals surface area contributed by atoms with Crippen molar-refractivity contribution in [3.05, 3.63) is 52.2 Å². The molecule has 0 bridgehead atoms. The molecule has 1 N–H and O–H groups in total. The molecule has 0 aliphatic rings. The molecule has 0 fully saturated rings. The highest BCUT2D eigenvalue weighted by molar-refractivity contribution is 7.09. The van der Waals surface area contributed by atoms with Gasteiger partial charge in [0, 0.05) is 10.9 Å². The molecule has 0 saturated carbocycles. The van der Waals surface area contributed by atoms with Crippen LogP contribution in [0, 0.1) is 0 Å². The maximum Gasteiger partial charge on any atom is 0.119 e. The van der Waals surface area contributed by atoms with E-state index in [-0.39, 0.29) is 0 Å². The molecule has 0 saturated heterocycles. The van der Waals surface area contributed by atoms with E-state index >= 15 is 0 Å². The second-order valence-corrected chi connectivity index (χ2v) is 5.54. The van der Waals surface area contributed by atoms with Crippen LogP contribution in [0.3, 0.4) is 0 Å². The highest BCUT2D eigenvalue weighted by Gasteiger charge is 2.11. The lowest BCUT2D eigenvalue weighted by molar-refractivity contribution is 0.412. The van der Waals surface area contributed by atoms with Gasteiger partial charge in [-0.1, -0.05) is 25.1 Å². The van der Waals surface area contributed by atoms with Gasteiger partial charge in [0.2, 0.25) is 0 Å². The van der Waals surface area contributed by atoms with E-state index in [1.807, 2.05) is 17.4 Å². The van der Waals surface area contributed by atoms with Gasteiger partial charge in [-0.05, 0) is 48.5 Å². The van der Waals surface area contributed by atoms with Gasteiger partial charge in [-0.3, -0.25) is 0 Å². The van der Waals surface area contributed by atoms with Crippen molar-refractivity contribution in [2.75, 3.05) is 13.7 Å². The monoisotopic (exact) mass is 275 g/mol. The number of thiophene rings is 1. The number of hydrogen-bond donors (Lipinski definition) is 1. The van der Waals surface area contributed by atoms with E-state index in [2.05, 4.69) is 48.0 Å². The summed E-state index contributed by atoms with van der Waals surface area (Å²) < 4.78 is 5.31. The fraction of sp³-hybridized carbons (Fsp3) is 0.375. The first-order valence-electron chi connectivity index (χ1n) is 6.73. The Bertz CT molecular complexity index is 481. The summed E-state index contributed by atoms with van der Waals surface area (Å²) in [5, 5.41) is 5.70. The minimum absolute atomic E-state index is 0.391. The smallest absolute Gasteiger partial charge is 0.119 e. The van der Waals surface area contributed by atoms with Gasteiger partial charge < -0.3 is 10.1 Å². The summed E-state index contributed by atoms with van der Waals surface area (Å²) in [4.78, 5) is 1.45. The third kappa shape index (κ3) is 4.08. The maximum absolute atomic E-state index is 5.31. The maximum atomic E-state index is 5.31. The molecule has 0 spiro atoms. The van der Waals surface area contributed by atoms with Crippen LogP contribution < -0.4 is 10.1 Å². The molecular formula is C16H21NOS. The standard InChI is InChI=1S/C16H21NOS/c1-3-17-16(10-9-15-8-5-11-19-15)13-6-4-7-14(12-13)18-2/h4-8,11-12,16-17H,3,9-10H2,1-2H3. The molecule has 1 atom stereocenters. The lowest BCUT2D eigenvalue weighted by Gasteiger charge is -2.18. The fourth-order valence-corrected chi connectivity index (χ4v) is 2.96. The molecule has 2 aromatic rings. The minimum Gasteiger partial charge on any atom is -0.497 e. The van der Waals surface area contributed by atoms with Crippen LogP contribution in [0.25, 0.3) is 0 Å². The number of ether oxygens (including phenoxy) is 1. The van der Waals surface area contributed by atoms with Crippen molar-refractivity contribution in [2.45, 2.75) is 25.8 Å². The van der Waals surface area contributed by atoms with Gasteiger partial charge in [0.1, 0.15) is 5.75 Å². The molecule has 1 heterocycles. The number of aryl methyl sites for hydroxylation is 1. The van der Waals surface area contributed by atoms with Crippen LogP contribution in [0.5, 0.6) is 5.75 Å². The zero-order valence-corrected chi connectivity index (χ0v) is 12.4. The minimum atomic E-state index is 0.391. The summed E-state index contributed by atoms with van der Waals surface area (Å²) in [5.74, 6) is 0.927. The molecule has 0 aliphatic heterocycles. The van der Waals surface area contributed by atoms with Crippen molar-refractivity contribution < 1.29 is 4.74 Å². The van der Waals surface area contributed by atoms with Gasteiger partial charge >= 0.3 is 0 Å². The van der Waals surface area contributed by atoms with Gasteiger partial charge in [-0.15, -0.1) is 11.3 Å². The predicted molar refractivity (Wildman–Crippen MR) is 82.1 cm³/mol. The number of methoxy groups -OCH3 is 1. The highest BCUT2D eigenvalue weighted by Crippen LogP contribution is 2.24. The van der Waals surface area contributed by atoms with Crippen LogP contribution in [0.15, 0.2) is 41.8 Å². The molecule has 0 aliphatic carbocycles. The number of rotatable bonds is 7. The molecule has 1 aromatic carbocycles. The van der Waals surface area contributed by atoms with Gasteiger partial charge in [-0.25, -0.2) is 0 Å². The molecule has 0 amide bonds. The van der Waals surface area contributed by atoms with Crippen LogP contribution in [0.1, 0.15) is 29.8 Å². The van der Waals surface area contributed by atoms with Crippen molar-refractivity contribution in [1.82, 2.24) is 5.32 Å². The summed E-state index contributed by atoms with van der Waals surface area (Å²) in [7, 11) is 1.72. The van der Waals surface area contributed by atoms with Crippen molar-refractivity contribution >= 4 is 11.3 Å². The average Bonchev–Trinajstić information content (AvgIpc) is 2.97. The zero-order chi connectivity index (χ0) is 13.5. The van der Waals surface area contributed by atoms with Crippen molar-refractivity contribution in [2.24, 2.45) is 0 Å². The van der Waals surface area contributed by atoms with E-state index in [0.717, 1.165) is 25.1 Å². The summed E-state index contributed by atoms with van der Waals surface area (Å²) in [5.41, 5.74) is 1.30. The summed E-state index contributed by atoms with van der Waals surface area (Å²) in [6, 6.07) is 13.1. The molecule has 0 radical (unpaired) electrons. The molecule has 2 nitrogen and oxygen atoms in total. The normalized spacial score (nSPS) is 12.3. The lowest BCUT2D eigenvalue weighted by Crippen LogP contribution is -2.21. The first-order valence-corrected chi connectivity index (χ1v) is 7.61. The van der Waals surface area contributed by atoms with E-state index in [0.29, 0.717) is 6.04 Å². The Labute approximate surface area is 119 Å². The van der Waals surface area contributed by atoms with Crippen molar-refractivity contribution in [3.8, 4) is 5.75 Å². The number of hydrogen-bond acceptors (Lipinski definition) is 3. The van der Waals surface area contributed by atoms with Crippen LogP contribution in [0.4, 0.5) is 0 Å². The van der Waals surface area contributed by atoms with Crippen LogP contribution >= 0.6 is 11.3 Å². The van der Waals surface area contributed by atoms with E-state index in [1.54, 1.807) is 7.11 Å². The van der Waals surface area contributed by atoms with E-state index in [9.17, 15) is 0 Å². The van der Waals surface area contributed by atoms with Crippen molar-refractivity contribution in [1.29, 1.82) is 0 Å². The van der Waals surface area contributed by atoms with Gasteiger partial charge in [0.25, 0.3) is 0 Å². The van der Waals surface area contributed by atoms with Crippen molar-refractivity contribution in [3.63, 3.8) is 0 Å². The third-order valence-corrected chi connectivity index (χ3v) is 4.14. The Morgan fingerprint density at radius 3 is 2.84 bits per heavy atom. The van der Waals surface area contributed by atoms with Crippen LogP contribution in [-0.2, 0) is 6.42 Å². The average molecular weight is 275 g/mol. The third-order valence-electron chi connectivity index (χ3n) is 3.21. The summed E-state index contributed by atoms with van der Waals surface area (Å²) in [6.45, 7) is 3.13. The zero-order valence-electron chi connectivity index (χ0n) is 11.6. The molecule has 3 heteroatoms. The molecule has 1 unspecified atom stereocenters. The second-order valence-electron chi connectivity index (χ2n) is 4.50. The second kappa shape index (κ2) is 7.31. The first kappa shape index (κ1) is 14.1. The molecule has 1 aromatic heterocycles. The Morgan fingerprint density at radius 2 is 2.16 bits per heavy atom. The fourth-order valence-electron chi connectivity index (χ4n) is 2.23.